The number of carbonyl (C=O) groups is 1. The molecule has 0 aliphatic carbocycles. The smallest absolute Gasteiger partial charge is 0.286 e. The first-order valence-corrected chi connectivity index (χ1v) is 9.35. The highest BCUT2D eigenvalue weighted by Crippen LogP contribution is 2.22. The van der Waals surface area contributed by atoms with E-state index < -0.39 is 11.7 Å². The summed E-state index contributed by atoms with van der Waals surface area (Å²) in [6, 6.07) is 10.2. The number of amides is 1. The molecule has 27 heavy (non-hydrogen) atoms. The van der Waals surface area contributed by atoms with Crippen LogP contribution in [0.2, 0.25) is 0 Å². The van der Waals surface area contributed by atoms with Crippen molar-refractivity contribution in [1.29, 1.82) is 0 Å². The predicted molar refractivity (Wildman–Crippen MR) is 104 cm³/mol. The Morgan fingerprint density at radius 3 is 2.70 bits per heavy atom. The molecular formula is C20H21FN2O3S. The van der Waals surface area contributed by atoms with E-state index in [9.17, 15) is 9.18 Å². The van der Waals surface area contributed by atoms with Crippen LogP contribution in [-0.2, 0) is 16.1 Å². The lowest BCUT2D eigenvalue weighted by atomic mass is 10.1. The summed E-state index contributed by atoms with van der Waals surface area (Å²) in [5.41, 5.74) is 3.37. The Kier molecular flexibility index (Phi) is 6.03. The molecule has 0 aliphatic rings. The molecule has 0 spiro atoms. The molecule has 3 rings (SSSR count). The van der Waals surface area contributed by atoms with Crippen molar-refractivity contribution in [3.63, 3.8) is 0 Å². The lowest BCUT2D eigenvalue weighted by Crippen LogP contribution is -2.21. The SMILES string of the molecule is COCCn1c(=NC(=O)COc2ccccc2F)sc2cc(C)c(C)cc21. The summed E-state index contributed by atoms with van der Waals surface area (Å²) in [6.07, 6.45) is 0. The topological polar surface area (TPSA) is 52.8 Å². The third-order valence-corrected chi connectivity index (χ3v) is 5.27. The molecule has 0 fully saturated rings. The Labute approximate surface area is 160 Å². The van der Waals surface area contributed by atoms with Gasteiger partial charge in [-0.25, -0.2) is 4.39 Å². The molecule has 1 aromatic heterocycles. The molecule has 1 heterocycles. The van der Waals surface area contributed by atoms with Crippen LogP contribution in [0.1, 0.15) is 11.1 Å². The highest BCUT2D eigenvalue weighted by molar-refractivity contribution is 7.16. The second-order valence-corrected chi connectivity index (χ2v) is 7.17. The molecule has 1 amide bonds. The number of halogens is 1. The van der Waals surface area contributed by atoms with Crippen molar-refractivity contribution in [3.05, 3.63) is 58.1 Å². The summed E-state index contributed by atoms with van der Waals surface area (Å²) in [6.45, 7) is 4.87. The van der Waals surface area contributed by atoms with Crippen LogP contribution in [0.5, 0.6) is 5.75 Å². The third-order valence-electron chi connectivity index (χ3n) is 4.23. The molecule has 7 heteroatoms. The molecular weight excluding hydrogens is 367 g/mol. The quantitative estimate of drug-likeness (QED) is 0.648. The lowest BCUT2D eigenvalue weighted by Gasteiger charge is -2.06. The van der Waals surface area contributed by atoms with Crippen molar-refractivity contribution in [1.82, 2.24) is 4.57 Å². The summed E-state index contributed by atoms with van der Waals surface area (Å²) in [5, 5.41) is 0. The molecule has 0 atom stereocenters. The van der Waals surface area contributed by atoms with Gasteiger partial charge in [0.1, 0.15) is 0 Å². The molecule has 0 N–H and O–H groups in total. The maximum absolute atomic E-state index is 13.6. The lowest BCUT2D eigenvalue weighted by molar-refractivity contribution is -0.120. The molecule has 5 nitrogen and oxygen atoms in total. The van der Waals surface area contributed by atoms with Gasteiger partial charge in [-0.15, -0.1) is 0 Å². The summed E-state index contributed by atoms with van der Waals surface area (Å²) in [5.74, 6) is -0.936. The summed E-state index contributed by atoms with van der Waals surface area (Å²) in [4.78, 5) is 17.1. The first-order chi connectivity index (χ1) is 13.0. The Bertz CT molecular complexity index is 1040. The van der Waals surface area contributed by atoms with Crippen LogP contribution in [0.25, 0.3) is 10.2 Å². The zero-order valence-corrected chi connectivity index (χ0v) is 16.3. The van der Waals surface area contributed by atoms with E-state index in [-0.39, 0.29) is 12.4 Å². The molecule has 0 saturated carbocycles. The second-order valence-electron chi connectivity index (χ2n) is 6.16. The Morgan fingerprint density at radius 2 is 1.96 bits per heavy atom. The van der Waals surface area contributed by atoms with Crippen molar-refractivity contribution in [2.45, 2.75) is 20.4 Å². The van der Waals surface area contributed by atoms with E-state index in [4.69, 9.17) is 9.47 Å². The molecule has 0 radical (unpaired) electrons. The van der Waals surface area contributed by atoms with Crippen LogP contribution >= 0.6 is 11.3 Å². The van der Waals surface area contributed by atoms with Gasteiger partial charge in [-0.05, 0) is 49.2 Å². The molecule has 3 aromatic rings. The fourth-order valence-corrected chi connectivity index (χ4v) is 3.80. The van der Waals surface area contributed by atoms with Gasteiger partial charge in [-0.2, -0.15) is 4.99 Å². The number of aryl methyl sites for hydroxylation is 2. The number of carbonyl (C=O) groups excluding carboxylic acids is 1. The third kappa shape index (κ3) is 4.43. The first-order valence-electron chi connectivity index (χ1n) is 8.54. The largest absolute Gasteiger partial charge is 0.481 e. The highest BCUT2D eigenvalue weighted by atomic mass is 32.1. The van der Waals surface area contributed by atoms with Crippen molar-refractivity contribution in [2.75, 3.05) is 20.3 Å². The van der Waals surface area contributed by atoms with Gasteiger partial charge in [0.15, 0.2) is 23.0 Å². The normalized spacial score (nSPS) is 11.9. The van der Waals surface area contributed by atoms with E-state index in [0.29, 0.717) is 18.0 Å². The highest BCUT2D eigenvalue weighted by Gasteiger charge is 2.11. The minimum Gasteiger partial charge on any atom is -0.481 e. The van der Waals surface area contributed by atoms with Gasteiger partial charge in [-0.1, -0.05) is 23.5 Å². The minimum absolute atomic E-state index is 0.0379. The average molecular weight is 388 g/mol. The maximum Gasteiger partial charge on any atom is 0.286 e. The van der Waals surface area contributed by atoms with Crippen LogP contribution < -0.4 is 9.54 Å². The zero-order chi connectivity index (χ0) is 19.4. The van der Waals surface area contributed by atoms with Crippen LogP contribution in [0.4, 0.5) is 4.39 Å². The van der Waals surface area contributed by atoms with E-state index >= 15 is 0 Å². The van der Waals surface area contributed by atoms with Crippen molar-refractivity contribution < 1.29 is 18.7 Å². The number of benzene rings is 2. The number of fused-ring (bicyclic) bond motifs is 1. The number of thiazole rings is 1. The van der Waals surface area contributed by atoms with E-state index in [2.05, 4.69) is 31.0 Å². The van der Waals surface area contributed by atoms with Gasteiger partial charge in [0.05, 0.1) is 16.8 Å². The first kappa shape index (κ1) is 19.3. The predicted octanol–water partition coefficient (Wildman–Crippen LogP) is 3.61. The Balaban J connectivity index is 1.91. The second kappa shape index (κ2) is 8.45. The number of hydrogen-bond donors (Lipinski definition) is 0. The molecule has 0 saturated heterocycles. The number of ether oxygens (including phenoxy) is 2. The molecule has 2 aromatic carbocycles. The Morgan fingerprint density at radius 1 is 1.22 bits per heavy atom. The summed E-state index contributed by atoms with van der Waals surface area (Å²) in [7, 11) is 1.63. The Hall–Kier alpha value is -2.51. The molecule has 142 valence electrons. The van der Waals surface area contributed by atoms with Gasteiger partial charge < -0.3 is 14.0 Å². The van der Waals surface area contributed by atoms with Crippen molar-refractivity contribution >= 4 is 27.5 Å². The van der Waals surface area contributed by atoms with Gasteiger partial charge in [0, 0.05) is 13.7 Å². The standard InChI is InChI=1S/C20H21FN2O3S/c1-13-10-16-18(11-14(13)2)27-20(23(16)8-9-25-3)22-19(24)12-26-17-7-5-4-6-15(17)21/h4-7,10-11H,8-9,12H2,1-3H3. The van der Waals surface area contributed by atoms with E-state index in [1.807, 2.05) is 4.57 Å². The zero-order valence-electron chi connectivity index (χ0n) is 15.5. The number of rotatable bonds is 6. The minimum atomic E-state index is -0.506. The van der Waals surface area contributed by atoms with Crippen LogP contribution in [0.3, 0.4) is 0 Å². The fourth-order valence-electron chi connectivity index (χ4n) is 2.65. The average Bonchev–Trinajstić information content (AvgIpc) is 2.95. The molecule has 0 unspecified atom stereocenters. The van der Waals surface area contributed by atoms with Gasteiger partial charge in [0.2, 0.25) is 0 Å². The number of hydrogen-bond acceptors (Lipinski definition) is 4. The fraction of sp³-hybridized carbons (Fsp3) is 0.300. The van der Waals surface area contributed by atoms with Gasteiger partial charge in [-0.3, -0.25) is 4.79 Å². The van der Waals surface area contributed by atoms with E-state index in [0.717, 1.165) is 10.2 Å². The number of aromatic nitrogens is 1. The number of methoxy groups -OCH3 is 1. The molecule has 0 bridgehead atoms. The summed E-state index contributed by atoms with van der Waals surface area (Å²) >= 11 is 1.44. The molecule has 0 aliphatic heterocycles. The van der Waals surface area contributed by atoms with Crippen LogP contribution in [-0.4, -0.2) is 30.8 Å². The number of para-hydroxylation sites is 1. The monoisotopic (exact) mass is 388 g/mol. The van der Waals surface area contributed by atoms with Crippen molar-refractivity contribution in [2.24, 2.45) is 4.99 Å². The number of nitrogens with zero attached hydrogens (tertiary/aromatic N) is 2. The maximum atomic E-state index is 13.6. The van der Waals surface area contributed by atoms with Gasteiger partial charge in [0.25, 0.3) is 5.91 Å². The van der Waals surface area contributed by atoms with E-state index in [1.54, 1.807) is 19.2 Å². The van der Waals surface area contributed by atoms with Crippen LogP contribution in [0, 0.1) is 19.7 Å². The van der Waals surface area contributed by atoms with Crippen molar-refractivity contribution in [3.8, 4) is 5.75 Å². The summed E-state index contributed by atoms with van der Waals surface area (Å²) < 4.78 is 27.1. The van der Waals surface area contributed by atoms with Crippen LogP contribution in [0.15, 0.2) is 41.4 Å². The van der Waals surface area contributed by atoms with Gasteiger partial charge >= 0.3 is 0 Å². The van der Waals surface area contributed by atoms with E-state index in [1.165, 1.54) is 34.6 Å².